The second-order valence-electron chi connectivity index (χ2n) is 11.3. The molecule has 4 aromatic carbocycles. The molecule has 0 aliphatic heterocycles. The van der Waals surface area contributed by atoms with Crippen molar-refractivity contribution < 1.29 is 32.7 Å². The number of nitrogens with zero attached hydrogens (tertiary/aromatic N) is 3. The van der Waals surface area contributed by atoms with Crippen molar-refractivity contribution in [1.29, 1.82) is 0 Å². The summed E-state index contributed by atoms with van der Waals surface area (Å²) in [6, 6.07) is 32.5. The molecule has 47 heavy (non-hydrogen) atoms. The normalized spacial score (nSPS) is 13.3. The van der Waals surface area contributed by atoms with Gasteiger partial charge in [0.15, 0.2) is 0 Å². The third-order valence-electron chi connectivity index (χ3n) is 8.18. The fourth-order valence-electron chi connectivity index (χ4n) is 5.84. The molecule has 4 aromatic heterocycles. The number of furan rings is 1. The summed E-state index contributed by atoms with van der Waals surface area (Å²) in [7, 11) is 0. The molecule has 5 heteroatoms. The van der Waals surface area contributed by atoms with Gasteiger partial charge in [0.05, 0.1) is 5.58 Å². The Kier molecular flexibility index (Phi) is 7.18. The summed E-state index contributed by atoms with van der Waals surface area (Å²) in [5.41, 5.74) is 11.0. The van der Waals surface area contributed by atoms with Crippen LogP contribution in [0.4, 0.5) is 0 Å². The number of hydrogen-bond acceptors (Lipinski definition) is 4. The Morgan fingerprint density at radius 1 is 0.702 bits per heavy atom. The number of aryl methyl sites for hydroxylation is 4. The maximum Gasteiger partial charge on any atom is 0.128 e. The predicted molar refractivity (Wildman–Crippen MR) is 189 cm³/mol. The first kappa shape index (κ1) is 25.2. The summed E-state index contributed by atoms with van der Waals surface area (Å²) >= 11 is 0. The molecule has 0 aliphatic rings. The SMILES string of the molecule is Cc1cc(-c2c(C)c(C)cc3ccncc23)c2oc3c(-c4ccccn4)[c-]ccc3c2c1.[2H]C([2H])([2H])c1c[c-]c(-c2ccc(C([2H])([2H])[2H])cn2)cc1.[Ir]. The number of fused-ring (bicyclic) bond motifs is 4. The van der Waals surface area contributed by atoms with Crippen LogP contribution in [-0.4, -0.2) is 15.0 Å². The molecule has 0 atom stereocenters. The number of aromatic nitrogens is 3. The van der Waals surface area contributed by atoms with Crippen molar-refractivity contribution in [3.8, 4) is 33.6 Å². The van der Waals surface area contributed by atoms with Crippen LogP contribution in [0.3, 0.4) is 0 Å². The summed E-state index contributed by atoms with van der Waals surface area (Å²) < 4.78 is 50.3. The average Bonchev–Trinajstić information content (AvgIpc) is 3.51. The van der Waals surface area contributed by atoms with Gasteiger partial charge in [-0.2, -0.15) is 0 Å². The van der Waals surface area contributed by atoms with Gasteiger partial charge in [-0.1, -0.05) is 48.1 Å². The fourth-order valence-corrected chi connectivity index (χ4v) is 5.84. The van der Waals surface area contributed by atoms with E-state index in [0.29, 0.717) is 11.3 Å². The van der Waals surface area contributed by atoms with E-state index in [1.54, 1.807) is 18.3 Å². The van der Waals surface area contributed by atoms with Crippen LogP contribution in [0.1, 0.15) is 36.0 Å². The minimum absolute atomic E-state index is 0. The van der Waals surface area contributed by atoms with Gasteiger partial charge in [-0.15, -0.1) is 53.6 Å². The molecule has 0 unspecified atom stereocenters. The monoisotopic (exact) mass is 794 g/mol. The van der Waals surface area contributed by atoms with Gasteiger partial charge >= 0.3 is 0 Å². The summed E-state index contributed by atoms with van der Waals surface area (Å²) in [5, 5.41) is 4.52. The van der Waals surface area contributed by atoms with E-state index in [-0.39, 0.29) is 31.2 Å². The molecule has 0 spiro atoms. The van der Waals surface area contributed by atoms with Crippen molar-refractivity contribution in [1.82, 2.24) is 15.0 Å². The second kappa shape index (κ2) is 13.4. The van der Waals surface area contributed by atoms with Crippen molar-refractivity contribution in [2.75, 3.05) is 0 Å². The minimum atomic E-state index is -2.18. The molecule has 0 saturated heterocycles. The molecular weight excluding hydrogens is 755 g/mol. The molecule has 0 N–H and O–H groups in total. The van der Waals surface area contributed by atoms with Crippen molar-refractivity contribution >= 4 is 32.7 Å². The molecule has 4 heterocycles. The van der Waals surface area contributed by atoms with Crippen LogP contribution in [0.15, 0.2) is 114 Å². The zero-order valence-corrected chi connectivity index (χ0v) is 28.4. The van der Waals surface area contributed by atoms with E-state index in [0.717, 1.165) is 44.1 Å². The zero-order chi connectivity index (χ0) is 36.8. The third kappa shape index (κ3) is 6.25. The van der Waals surface area contributed by atoms with Crippen LogP contribution < -0.4 is 0 Å². The number of rotatable bonds is 3. The molecule has 0 amide bonds. The molecule has 233 valence electrons. The molecule has 4 nitrogen and oxygen atoms in total. The smallest absolute Gasteiger partial charge is 0.128 e. The third-order valence-corrected chi connectivity index (χ3v) is 8.18. The second-order valence-corrected chi connectivity index (χ2v) is 11.3. The van der Waals surface area contributed by atoms with E-state index in [1.165, 1.54) is 52.0 Å². The van der Waals surface area contributed by atoms with Crippen LogP contribution in [0.5, 0.6) is 0 Å². The Morgan fingerprint density at radius 3 is 2.32 bits per heavy atom. The zero-order valence-electron chi connectivity index (χ0n) is 32.0. The van der Waals surface area contributed by atoms with Gasteiger partial charge in [-0.25, -0.2) is 0 Å². The van der Waals surface area contributed by atoms with E-state index >= 15 is 0 Å². The van der Waals surface area contributed by atoms with Gasteiger partial charge < -0.3 is 14.4 Å². The molecule has 0 aliphatic carbocycles. The average molecular weight is 794 g/mol. The predicted octanol–water partition coefficient (Wildman–Crippen LogP) is 10.8. The Labute approximate surface area is 297 Å². The van der Waals surface area contributed by atoms with Crippen molar-refractivity contribution in [3.05, 3.63) is 150 Å². The van der Waals surface area contributed by atoms with Crippen LogP contribution in [-0.2, 0) is 20.1 Å². The number of hydrogen-bond donors (Lipinski definition) is 0. The molecule has 1 radical (unpaired) electrons. The van der Waals surface area contributed by atoms with Gasteiger partial charge in [0.1, 0.15) is 5.58 Å². The van der Waals surface area contributed by atoms with Crippen molar-refractivity contribution in [2.45, 2.75) is 34.5 Å². The van der Waals surface area contributed by atoms with Crippen LogP contribution in [0, 0.1) is 46.6 Å². The fraction of sp³-hybridized carbons (Fsp3) is 0.119. The maximum atomic E-state index is 7.28. The Morgan fingerprint density at radius 2 is 1.57 bits per heavy atom. The van der Waals surface area contributed by atoms with Crippen molar-refractivity contribution in [2.24, 2.45) is 0 Å². The van der Waals surface area contributed by atoms with Crippen LogP contribution in [0.2, 0.25) is 0 Å². The maximum absolute atomic E-state index is 7.28. The summed E-state index contributed by atoms with van der Waals surface area (Å²) in [6.07, 6.45) is 6.91. The Hall–Kier alpha value is -4.96. The summed E-state index contributed by atoms with van der Waals surface area (Å²) in [4.78, 5) is 13.0. The van der Waals surface area contributed by atoms with E-state index in [9.17, 15) is 0 Å². The van der Waals surface area contributed by atoms with Gasteiger partial charge in [-0.3, -0.25) is 4.98 Å². The van der Waals surface area contributed by atoms with Gasteiger partial charge in [0.2, 0.25) is 0 Å². The summed E-state index contributed by atoms with van der Waals surface area (Å²) in [6.45, 7) is 2.15. The molecule has 8 rings (SSSR count). The standard InChI is InChI=1S/C29H21N2O.C13H12N.Ir/c1-17-13-23-21-7-6-8-22(26-9-4-5-11-31-26)28(21)32-29(23)24(14-17)27-19(3)18(2)15-20-10-12-30-16-25(20)27;1-10-3-6-12(7-4-10)13-8-5-11(2)9-14-13;/h4-7,9-16H,1-3H3;3-6,8-9H,1-2H3;/q2*-1;/i;1D3,2D3;. The molecule has 0 bridgehead atoms. The van der Waals surface area contributed by atoms with Crippen LogP contribution >= 0.6 is 0 Å². The van der Waals surface area contributed by atoms with E-state index in [4.69, 9.17) is 12.6 Å². The quantitative estimate of drug-likeness (QED) is 0.167. The van der Waals surface area contributed by atoms with E-state index in [2.05, 4.69) is 78.2 Å². The van der Waals surface area contributed by atoms with E-state index in [1.807, 2.05) is 36.7 Å². The van der Waals surface area contributed by atoms with Gasteiger partial charge in [0, 0.05) is 69.5 Å². The largest absolute Gasteiger partial charge is 0.500 e. The van der Waals surface area contributed by atoms with Crippen LogP contribution in [0.25, 0.3) is 66.4 Å². The molecule has 0 fully saturated rings. The number of benzene rings is 4. The number of pyridine rings is 3. The Bertz CT molecular complexity index is 2510. The van der Waals surface area contributed by atoms with Crippen molar-refractivity contribution in [3.63, 3.8) is 0 Å². The first-order valence-electron chi connectivity index (χ1n) is 17.9. The molecule has 8 aromatic rings. The molecule has 0 saturated carbocycles. The van der Waals surface area contributed by atoms with E-state index < -0.39 is 13.7 Å². The topological polar surface area (TPSA) is 51.8 Å². The minimum Gasteiger partial charge on any atom is -0.500 e. The summed E-state index contributed by atoms with van der Waals surface area (Å²) in [5.74, 6) is 0. The first-order valence-corrected chi connectivity index (χ1v) is 14.9. The Balaban J connectivity index is 0.000000199. The van der Waals surface area contributed by atoms with Gasteiger partial charge in [0.25, 0.3) is 0 Å². The molecular formula is C42H33IrN3O-2. The first-order chi connectivity index (χ1) is 24.8. The van der Waals surface area contributed by atoms with Gasteiger partial charge in [-0.05, 0) is 96.5 Å².